The van der Waals surface area contributed by atoms with Crippen molar-refractivity contribution in [3.8, 4) is 51.7 Å². The maximum absolute atomic E-state index is 11.2. The third kappa shape index (κ3) is 3.90. The van der Waals surface area contributed by atoms with Crippen molar-refractivity contribution in [3.05, 3.63) is 88.0 Å². The zero-order valence-electron chi connectivity index (χ0n) is 23.6. The van der Waals surface area contributed by atoms with Gasteiger partial charge in [-0.25, -0.2) is 0 Å². The molecule has 0 aliphatic carbocycles. The summed E-state index contributed by atoms with van der Waals surface area (Å²) in [6.07, 6.45) is 2.80. The predicted octanol–water partition coefficient (Wildman–Crippen LogP) is 6.35. The zero-order valence-corrected chi connectivity index (χ0v) is 23.6. The van der Waals surface area contributed by atoms with Gasteiger partial charge in [0.25, 0.3) is 0 Å². The molecular weight excluding hydrogens is 532 g/mol. The molecule has 0 unspecified atom stereocenters. The lowest BCUT2D eigenvalue weighted by Gasteiger charge is -2.40. The Balaban J connectivity index is 1.37. The quantitative estimate of drug-likeness (QED) is 0.200. The minimum Gasteiger partial charge on any atom is -0.504 e. The van der Waals surface area contributed by atoms with Gasteiger partial charge in [0.05, 0.1) is 0 Å². The number of phenols is 3. The van der Waals surface area contributed by atoms with Crippen LogP contribution in [-0.4, -0.2) is 52.3 Å². The molecule has 0 fully saturated rings. The average molecular weight is 565 g/mol. The van der Waals surface area contributed by atoms with Crippen molar-refractivity contribution in [1.29, 1.82) is 0 Å². The van der Waals surface area contributed by atoms with Gasteiger partial charge < -0.3 is 29.5 Å². The van der Waals surface area contributed by atoms with E-state index in [0.717, 1.165) is 59.3 Å². The minimum atomic E-state index is -0.109. The largest absolute Gasteiger partial charge is 0.504 e. The van der Waals surface area contributed by atoms with E-state index in [1.807, 2.05) is 42.5 Å². The van der Waals surface area contributed by atoms with Crippen LogP contribution in [0.1, 0.15) is 45.5 Å². The fraction of sp³-hybridized carbons (Fsp3) is 0.294. The Kier molecular flexibility index (Phi) is 5.61. The molecule has 7 aliphatic heterocycles. The molecule has 0 radical (unpaired) electrons. The van der Waals surface area contributed by atoms with E-state index in [0.29, 0.717) is 35.8 Å². The monoisotopic (exact) mass is 564 g/mol. The summed E-state index contributed by atoms with van der Waals surface area (Å²) < 4.78 is 19.4. The van der Waals surface area contributed by atoms with E-state index in [2.05, 4.69) is 23.9 Å². The molecule has 7 aliphatic rings. The number of ether oxygens (including phenoxy) is 3. The van der Waals surface area contributed by atoms with Gasteiger partial charge in [-0.3, -0.25) is 9.80 Å². The van der Waals surface area contributed by atoms with Gasteiger partial charge in [0.15, 0.2) is 34.5 Å². The molecule has 8 heteroatoms. The first-order valence-electron chi connectivity index (χ1n) is 14.5. The molecule has 4 aromatic rings. The standard InChI is InChI=1S/C34H32N2O6/c1-35-11-9-20-16-26(38)31-33-29(20)23(35)13-18-3-6-22(7-4-18)40-28-15-19(5-8-25(28)37)14-24-30-21(10-12-36(24)2)17-27(39)32(41-33)34(30)42-31/h3-8,15-17,23-24,37-39H,9-14H2,1-2H3/t23-,24-/m0/s1. The van der Waals surface area contributed by atoms with Crippen molar-refractivity contribution in [2.24, 2.45) is 0 Å². The topological polar surface area (TPSA) is 94.9 Å². The van der Waals surface area contributed by atoms with Crippen LogP contribution < -0.4 is 14.2 Å². The smallest absolute Gasteiger partial charge is 0.212 e. The average Bonchev–Trinajstić information content (AvgIpc) is 2.98. The van der Waals surface area contributed by atoms with E-state index in [4.69, 9.17) is 14.2 Å². The number of hydrogen-bond acceptors (Lipinski definition) is 8. The molecule has 2 atom stereocenters. The minimum absolute atomic E-state index is 0.0285. The number of likely N-dealkylation sites (N-methyl/N-ethyl adjacent to an activating group) is 2. The second kappa shape index (κ2) is 9.31. The van der Waals surface area contributed by atoms with Gasteiger partial charge in [-0.2, -0.15) is 0 Å². The van der Waals surface area contributed by atoms with Crippen LogP contribution in [0.5, 0.6) is 51.7 Å². The van der Waals surface area contributed by atoms with E-state index < -0.39 is 0 Å². The van der Waals surface area contributed by atoms with Crippen molar-refractivity contribution < 1.29 is 29.5 Å². The predicted molar refractivity (Wildman–Crippen MR) is 157 cm³/mol. The summed E-state index contributed by atoms with van der Waals surface area (Å²) in [5.74, 6) is 2.67. The Morgan fingerprint density at radius 3 is 1.69 bits per heavy atom. The van der Waals surface area contributed by atoms with E-state index in [9.17, 15) is 15.3 Å². The lowest BCUT2D eigenvalue weighted by molar-refractivity contribution is 0.211. The van der Waals surface area contributed by atoms with Crippen LogP contribution in [0.2, 0.25) is 0 Å². The van der Waals surface area contributed by atoms with Crippen LogP contribution >= 0.6 is 0 Å². The molecule has 0 spiro atoms. The van der Waals surface area contributed by atoms with Crippen molar-refractivity contribution in [2.75, 3.05) is 27.2 Å². The SMILES string of the molecule is CN1CCc2cc(O)c3c4c2[C@@H]1Cc1ccc(cc1)Oc1cc(ccc1O)C[C@H]1c2c(cc(O)c(c2O3)O4)CCN1C. The Hall–Kier alpha value is -4.40. The molecule has 11 rings (SSSR count). The first kappa shape index (κ1) is 25.3. The number of phenolic OH excluding ortho intramolecular Hbond substituents is 3. The summed E-state index contributed by atoms with van der Waals surface area (Å²) in [6, 6.07) is 16.8. The van der Waals surface area contributed by atoms with E-state index in [1.165, 1.54) is 0 Å². The van der Waals surface area contributed by atoms with E-state index in [-0.39, 0.29) is 40.8 Å². The Bertz CT molecular complexity index is 1750. The number of benzene rings is 4. The number of hydrogen-bond donors (Lipinski definition) is 3. The molecular formula is C34H32N2O6. The van der Waals surface area contributed by atoms with Crippen LogP contribution in [0, 0.1) is 0 Å². The summed E-state index contributed by atoms with van der Waals surface area (Å²) in [5, 5.41) is 33.1. The maximum atomic E-state index is 11.2. The second-order valence-electron chi connectivity index (χ2n) is 11.9. The maximum Gasteiger partial charge on any atom is 0.212 e. The highest BCUT2D eigenvalue weighted by Crippen LogP contribution is 2.60. The van der Waals surface area contributed by atoms with Gasteiger partial charge in [0, 0.05) is 36.3 Å². The summed E-state index contributed by atoms with van der Waals surface area (Å²) in [4.78, 5) is 4.56. The first-order chi connectivity index (χ1) is 20.3. The fourth-order valence-corrected chi connectivity index (χ4v) is 7.03. The molecule has 0 amide bonds. The second-order valence-corrected chi connectivity index (χ2v) is 11.9. The van der Waals surface area contributed by atoms with E-state index >= 15 is 0 Å². The number of rotatable bonds is 0. The molecule has 0 aromatic heterocycles. The Morgan fingerprint density at radius 2 is 1.12 bits per heavy atom. The van der Waals surface area contributed by atoms with Gasteiger partial charge in [0.1, 0.15) is 5.75 Å². The molecule has 214 valence electrons. The highest BCUT2D eigenvalue weighted by atomic mass is 16.6. The summed E-state index contributed by atoms with van der Waals surface area (Å²) in [6.45, 7) is 1.63. The third-order valence-corrected chi connectivity index (χ3v) is 9.32. The van der Waals surface area contributed by atoms with Gasteiger partial charge in [-0.05, 0) is 98.4 Å². The summed E-state index contributed by atoms with van der Waals surface area (Å²) >= 11 is 0. The van der Waals surface area contributed by atoms with Crippen molar-refractivity contribution in [1.82, 2.24) is 9.80 Å². The third-order valence-electron chi connectivity index (χ3n) is 9.32. The highest BCUT2D eigenvalue weighted by molar-refractivity contribution is 5.71. The molecule has 0 saturated heterocycles. The molecule has 8 nitrogen and oxygen atoms in total. The van der Waals surface area contributed by atoms with E-state index in [1.54, 1.807) is 12.1 Å². The van der Waals surface area contributed by atoms with Gasteiger partial charge >= 0.3 is 0 Å². The van der Waals surface area contributed by atoms with Crippen LogP contribution in [0.4, 0.5) is 0 Å². The Morgan fingerprint density at radius 1 is 0.595 bits per heavy atom. The number of nitrogens with zero attached hydrogens (tertiary/aromatic N) is 2. The summed E-state index contributed by atoms with van der Waals surface area (Å²) in [5.41, 5.74) is 5.98. The molecule has 3 N–H and O–H groups in total. The van der Waals surface area contributed by atoms with Crippen molar-refractivity contribution in [3.63, 3.8) is 0 Å². The lowest BCUT2D eigenvalue weighted by Crippen LogP contribution is -2.35. The van der Waals surface area contributed by atoms with Crippen molar-refractivity contribution >= 4 is 0 Å². The van der Waals surface area contributed by atoms with Gasteiger partial charge in [-0.1, -0.05) is 18.2 Å². The van der Waals surface area contributed by atoms with Gasteiger partial charge in [-0.15, -0.1) is 0 Å². The number of aromatic hydroxyl groups is 3. The first-order valence-corrected chi connectivity index (χ1v) is 14.5. The zero-order chi connectivity index (χ0) is 28.7. The van der Waals surface area contributed by atoms with Crippen LogP contribution in [0.15, 0.2) is 54.6 Å². The van der Waals surface area contributed by atoms with Crippen LogP contribution in [-0.2, 0) is 25.7 Å². The molecule has 10 bridgehead atoms. The van der Waals surface area contributed by atoms with Crippen molar-refractivity contribution in [2.45, 2.75) is 37.8 Å². The Labute approximate surface area is 243 Å². The normalized spacial score (nSPS) is 20.7. The van der Waals surface area contributed by atoms with Crippen LogP contribution in [0.3, 0.4) is 0 Å². The van der Waals surface area contributed by atoms with Gasteiger partial charge in [0.2, 0.25) is 11.5 Å². The molecule has 42 heavy (non-hydrogen) atoms. The summed E-state index contributed by atoms with van der Waals surface area (Å²) in [7, 11) is 4.17. The molecule has 0 saturated carbocycles. The fourth-order valence-electron chi connectivity index (χ4n) is 7.03. The van der Waals surface area contributed by atoms with Crippen LogP contribution in [0.25, 0.3) is 0 Å². The molecule has 4 aromatic carbocycles. The molecule has 7 heterocycles. The lowest BCUT2D eigenvalue weighted by atomic mass is 9.86. The highest BCUT2D eigenvalue weighted by Gasteiger charge is 2.40.